The number of hydrazone groups is 1. The van der Waals surface area contributed by atoms with E-state index >= 15 is 0 Å². The van der Waals surface area contributed by atoms with Crippen LogP contribution in [0.3, 0.4) is 0 Å². The molecule has 18 heavy (non-hydrogen) atoms. The molecule has 0 fully saturated rings. The zero-order chi connectivity index (χ0) is 12.6. The van der Waals surface area contributed by atoms with E-state index in [0.717, 1.165) is 12.1 Å². The van der Waals surface area contributed by atoms with Crippen molar-refractivity contribution >= 4 is 27.4 Å². The smallest absolute Gasteiger partial charge is 0.744 e. The van der Waals surface area contributed by atoms with E-state index in [1.807, 2.05) is 0 Å². The van der Waals surface area contributed by atoms with Gasteiger partial charge < -0.3 is 4.55 Å². The molecule has 1 aromatic carbocycles. The number of amides is 1. The first-order valence-corrected chi connectivity index (χ1v) is 6.22. The number of hydrogen-bond donors (Lipinski definition) is 0. The first-order valence-electron chi connectivity index (χ1n) is 4.81. The van der Waals surface area contributed by atoms with Crippen molar-refractivity contribution in [2.75, 3.05) is 5.01 Å². The zero-order valence-corrected chi connectivity index (χ0v) is 10.8. The summed E-state index contributed by atoms with van der Waals surface area (Å²) < 4.78 is 32.2. The van der Waals surface area contributed by atoms with E-state index in [9.17, 15) is 17.8 Å². The Morgan fingerprint density at radius 2 is 1.83 bits per heavy atom. The molecule has 1 aromatic rings. The summed E-state index contributed by atoms with van der Waals surface area (Å²) in [5.74, 6) is -0.180. The number of nitrogens with zero attached hydrogens (tertiary/aromatic N) is 2. The van der Waals surface area contributed by atoms with Gasteiger partial charge in [-0.1, -0.05) is 0 Å². The van der Waals surface area contributed by atoms with Crippen molar-refractivity contribution in [2.24, 2.45) is 5.10 Å². The van der Waals surface area contributed by atoms with Crippen LogP contribution in [-0.2, 0) is 14.9 Å². The van der Waals surface area contributed by atoms with Crippen LogP contribution in [0.2, 0.25) is 0 Å². The molecule has 1 heterocycles. The molecule has 0 bridgehead atoms. The second kappa shape index (κ2) is 5.24. The van der Waals surface area contributed by atoms with Gasteiger partial charge in [0.1, 0.15) is 10.1 Å². The van der Waals surface area contributed by atoms with E-state index in [1.54, 1.807) is 6.92 Å². The van der Waals surface area contributed by atoms with Crippen LogP contribution in [0, 0.1) is 0 Å². The summed E-state index contributed by atoms with van der Waals surface area (Å²) in [7, 11) is -4.46. The van der Waals surface area contributed by atoms with E-state index in [4.69, 9.17) is 0 Å². The zero-order valence-electron chi connectivity index (χ0n) is 9.95. The van der Waals surface area contributed by atoms with Gasteiger partial charge in [0.25, 0.3) is 5.91 Å². The van der Waals surface area contributed by atoms with Gasteiger partial charge in [-0.15, -0.1) is 0 Å². The molecule has 0 radical (unpaired) electrons. The number of carbonyl (C=O) groups excluding carboxylic acids is 1. The molecule has 0 unspecified atom stereocenters. The van der Waals surface area contributed by atoms with Crippen molar-refractivity contribution in [1.82, 2.24) is 0 Å². The van der Waals surface area contributed by atoms with Crippen molar-refractivity contribution in [3.05, 3.63) is 24.3 Å². The van der Waals surface area contributed by atoms with E-state index in [2.05, 4.69) is 5.10 Å². The van der Waals surface area contributed by atoms with Crippen molar-refractivity contribution in [2.45, 2.75) is 18.2 Å². The number of rotatable bonds is 2. The number of carbonyl (C=O) groups is 1. The first kappa shape index (κ1) is 14.9. The summed E-state index contributed by atoms with van der Waals surface area (Å²) in [6.45, 7) is 1.73. The minimum atomic E-state index is -4.46. The molecule has 0 aliphatic carbocycles. The Kier molecular flexibility index (Phi) is 4.35. The van der Waals surface area contributed by atoms with Crippen LogP contribution in [0.15, 0.2) is 34.3 Å². The maximum Gasteiger partial charge on any atom is 1.00 e. The van der Waals surface area contributed by atoms with Crippen molar-refractivity contribution in [1.29, 1.82) is 0 Å². The van der Waals surface area contributed by atoms with Crippen molar-refractivity contribution in [3.8, 4) is 0 Å². The molecular formula is C10H9LiN2O4S. The van der Waals surface area contributed by atoms with Crippen LogP contribution in [-0.4, -0.2) is 24.6 Å². The first-order chi connectivity index (χ1) is 7.88. The fourth-order valence-corrected chi connectivity index (χ4v) is 1.98. The second-order valence-electron chi connectivity index (χ2n) is 3.67. The fourth-order valence-electron chi connectivity index (χ4n) is 1.51. The minimum absolute atomic E-state index is 0. The Hall–Kier alpha value is -1.13. The average Bonchev–Trinajstić information content (AvgIpc) is 2.57. The van der Waals surface area contributed by atoms with E-state index in [-0.39, 0.29) is 36.1 Å². The largest absolute Gasteiger partial charge is 1.00 e. The summed E-state index contributed by atoms with van der Waals surface area (Å²) in [4.78, 5) is 11.2. The van der Waals surface area contributed by atoms with Gasteiger partial charge in [0, 0.05) is 5.71 Å². The molecule has 8 heteroatoms. The van der Waals surface area contributed by atoms with Crippen LogP contribution < -0.4 is 23.9 Å². The average molecular weight is 260 g/mol. The van der Waals surface area contributed by atoms with Crippen LogP contribution in [0.25, 0.3) is 0 Å². The molecule has 6 nitrogen and oxygen atoms in total. The Morgan fingerprint density at radius 3 is 2.22 bits per heavy atom. The monoisotopic (exact) mass is 260 g/mol. The number of anilines is 1. The quantitative estimate of drug-likeness (QED) is 0.442. The maximum absolute atomic E-state index is 11.5. The van der Waals surface area contributed by atoms with Gasteiger partial charge in [0.05, 0.1) is 17.0 Å². The Balaban J connectivity index is 0.00000162. The third-order valence-electron chi connectivity index (χ3n) is 2.28. The standard InChI is InChI=1S/C10H10N2O4S.Li/c1-7-6-10(13)12(11-7)8-2-4-9(5-3-8)17(14,15)16;/h2-5H,6H2,1H3,(H,14,15,16);/q;+1/p-1. The summed E-state index contributed by atoms with van der Waals surface area (Å²) >= 11 is 0. The molecule has 0 spiro atoms. The fraction of sp³-hybridized carbons (Fsp3) is 0.200. The van der Waals surface area contributed by atoms with Crippen LogP contribution in [0.1, 0.15) is 13.3 Å². The molecule has 90 valence electrons. The van der Waals surface area contributed by atoms with Gasteiger partial charge >= 0.3 is 18.9 Å². The van der Waals surface area contributed by atoms with Gasteiger partial charge in [-0.3, -0.25) is 4.79 Å². The second-order valence-corrected chi connectivity index (χ2v) is 5.05. The third-order valence-corrected chi connectivity index (χ3v) is 3.13. The molecule has 1 amide bonds. The van der Waals surface area contributed by atoms with E-state index in [1.165, 1.54) is 17.1 Å². The molecule has 0 saturated heterocycles. The molecule has 0 aromatic heterocycles. The van der Waals surface area contributed by atoms with Gasteiger partial charge in [0.15, 0.2) is 0 Å². The molecule has 2 rings (SSSR count). The van der Waals surface area contributed by atoms with E-state index in [0.29, 0.717) is 11.4 Å². The summed E-state index contributed by atoms with van der Waals surface area (Å²) in [6, 6.07) is 5.08. The summed E-state index contributed by atoms with van der Waals surface area (Å²) in [5, 5.41) is 5.20. The normalized spacial score (nSPS) is 15.3. The van der Waals surface area contributed by atoms with E-state index < -0.39 is 10.1 Å². The van der Waals surface area contributed by atoms with Gasteiger partial charge in [-0.25, -0.2) is 13.4 Å². The van der Waals surface area contributed by atoms with Gasteiger partial charge in [0.2, 0.25) is 0 Å². The Morgan fingerprint density at radius 1 is 1.28 bits per heavy atom. The third kappa shape index (κ3) is 3.00. The van der Waals surface area contributed by atoms with Crippen LogP contribution >= 0.6 is 0 Å². The topological polar surface area (TPSA) is 89.9 Å². The summed E-state index contributed by atoms with van der Waals surface area (Å²) in [6.07, 6.45) is 0.252. The number of benzene rings is 1. The Labute approximate surface area is 117 Å². The molecular weight excluding hydrogens is 251 g/mol. The molecule has 0 saturated carbocycles. The van der Waals surface area contributed by atoms with Crippen LogP contribution in [0.5, 0.6) is 0 Å². The molecule has 1 aliphatic rings. The SMILES string of the molecule is CC1=NN(c2ccc(S(=O)(=O)[O-])cc2)C(=O)C1.[Li+]. The molecule has 0 N–H and O–H groups in total. The van der Waals surface area contributed by atoms with Crippen molar-refractivity contribution in [3.63, 3.8) is 0 Å². The van der Waals surface area contributed by atoms with Gasteiger partial charge in [-0.2, -0.15) is 5.10 Å². The van der Waals surface area contributed by atoms with Gasteiger partial charge in [-0.05, 0) is 31.2 Å². The number of hydrogen-bond acceptors (Lipinski definition) is 5. The predicted octanol–water partition coefficient (Wildman–Crippen LogP) is -2.29. The molecule has 1 aliphatic heterocycles. The maximum atomic E-state index is 11.5. The Bertz CT molecular complexity index is 595. The van der Waals surface area contributed by atoms with Crippen LogP contribution in [0.4, 0.5) is 5.69 Å². The van der Waals surface area contributed by atoms with Crippen molar-refractivity contribution < 1.29 is 36.6 Å². The predicted molar refractivity (Wildman–Crippen MR) is 59.6 cm³/mol. The molecule has 0 atom stereocenters. The summed E-state index contributed by atoms with van der Waals surface area (Å²) in [5.41, 5.74) is 1.13. The minimum Gasteiger partial charge on any atom is -0.744 e.